The second-order valence-electron chi connectivity index (χ2n) is 7.82. The maximum atomic E-state index is 12.3. The number of fused-ring (bicyclic) bond motifs is 3. The first-order valence-corrected chi connectivity index (χ1v) is 10.5. The normalized spacial score (nSPS) is 14.1. The number of nitrogens with one attached hydrogen (secondary N) is 2. The average Bonchev–Trinajstić information content (AvgIpc) is 3.09. The number of hydrogen-bond acceptors (Lipinski definition) is 4. The molecule has 0 saturated carbocycles. The lowest BCUT2D eigenvalue weighted by Gasteiger charge is -2.19. The summed E-state index contributed by atoms with van der Waals surface area (Å²) in [4.78, 5) is 35.3. The van der Waals surface area contributed by atoms with Gasteiger partial charge in [0.05, 0.1) is 12.3 Å². The van der Waals surface area contributed by atoms with Crippen LogP contribution in [-0.2, 0) is 14.3 Å². The van der Waals surface area contributed by atoms with Crippen molar-refractivity contribution >= 4 is 18.0 Å². The van der Waals surface area contributed by atoms with E-state index in [9.17, 15) is 14.4 Å². The van der Waals surface area contributed by atoms with E-state index in [1.54, 1.807) is 6.92 Å². The predicted octanol–water partition coefficient (Wildman–Crippen LogP) is 3.53. The summed E-state index contributed by atoms with van der Waals surface area (Å²) in [5.41, 5.74) is 4.58. The molecule has 0 radical (unpaired) electrons. The number of rotatable bonds is 9. The third kappa shape index (κ3) is 5.42. The van der Waals surface area contributed by atoms with Crippen LogP contribution in [0.3, 0.4) is 0 Å². The van der Waals surface area contributed by atoms with E-state index in [-0.39, 0.29) is 31.4 Å². The molecule has 2 atom stereocenters. The zero-order chi connectivity index (χ0) is 22.4. The molecule has 0 spiro atoms. The molecule has 7 heteroatoms. The van der Waals surface area contributed by atoms with Crippen LogP contribution in [0.4, 0.5) is 4.79 Å². The van der Waals surface area contributed by atoms with Crippen LogP contribution in [0.25, 0.3) is 11.1 Å². The van der Waals surface area contributed by atoms with E-state index in [1.165, 1.54) is 0 Å². The number of aliphatic carboxylic acids is 1. The number of carboxylic acid groups (broad SMARTS) is 1. The number of hydrogen-bond donors (Lipinski definition) is 3. The Labute approximate surface area is 181 Å². The molecule has 0 bridgehead atoms. The second kappa shape index (κ2) is 10.1. The first-order chi connectivity index (χ1) is 14.9. The summed E-state index contributed by atoms with van der Waals surface area (Å²) in [6.07, 6.45) is -0.196. The van der Waals surface area contributed by atoms with Gasteiger partial charge in [-0.05, 0) is 28.7 Å². The summed E-state index contributed by atoms with van der Waals surface area (Å²) < 4.78 is 5.47. The van der Waals surface area contributed by atoms with Gasteiger partial charge in [0.1, 0.15) is 6.61 Å². The molecule has 2 amide bonds. The molecule has 0 aliphatic heterocycles. The van der Waals surface area contributed by atoms with E-state index in [2.05, 4.69) is 34.9 Å². The van der Waals surface area contributed by atoms with Gasteiger partial charge in [-0.1, -0.05) is 62.4 Å². The van der Waals surface area contributed by atoms with Crippen LogP contribution in [-0.4, -0.2) is 42.3 Å². The SMILES string of the molecule is CC[C@H](CC(=O)O)NC(=O)C(C)CNC(=O)OCC1c2ccccc2-c2ccccc21. The number of amides is 2. The molecule has 3 rings (SSSR count). The van der Waals surface area contributed by atoms with E-state index < -0.39 is 24.0 Å². The van der Waals surface area contributed by atoms with Crippen LogP contribution in [0.5, 0.6) is 0 Å². The van der Waals surface area contributed by atoms with E-state index in [0.29, 0.717) is 6.42 Å². The molecule has 1 aliphatic rings. The van der Waals surface area contributed by atoms with Crippen LogP contribution in [0.1, 0.15) is 43.7 Å². The molecule has 164 valence electrons. The highest BCUT2D eigenvalue weighted by Crippen LogP contribution is 2.44. The molecule has 31 heavy (non-hydrogen) atoms. The highest BCUT2D eigenvalue weighted by Gasteiger charge is 2.29. The number of ether oxygens (including phenoxy) is 1. The van der Waals surface area contributed by atoms with E-state index in [4.69, 9.17) is 9.84 Å². The zero-order valence-corrected chi connectivity index (χ0v) is 17.8. The summed E-state index contributed by atoms with van der Waals surface area (Å²) in [7, 11) is 0. The van der Waals surface area contributed by atoms with Crippen molar-refractivity contribution in [3.05, 3.63) is 59.7 Å². The van der Waals surface area contributed by atoms with Gasteiger partial charge in [-0.25, -0.2) is 4.79 Å². The largest absolute Gasteiger partial charge is 0.481 e. The minimum Gasteiger partial charge on any atom is -0.481 e. The third-order valence-electron chi connectivity index (χ3n) is 5.60. The summed E-state index contributed by atoms with van der Waals surface area (Å²) in [5, 5.41) is 14.2. The summed E-state index contributed by atoms with van der Waals surface area (Å²) >= 11 is 0. The Hall–Kier alpha value is -3.35. The Bertz CT molecular complexity index is 913. The van der Waals surface area contributed by atoms with Gasteiger partial charge >= 0.3 is 12.1 Å². The van der Waals surface area contributed by atoms with Gasteiger partial charge < -0.3 is 20.5 Å². The molecular formula is C24H28N2O5. The molecule has 1 unspecified atom stereocenters. The molecule has 0 saturated heterocycles. The fourth-order valence-corrected chi connectivity index (χ4v) is 3.83. The molecular weight excluding hydrogens is 396 g/mol. The lowest BCUT2D eigenvalue weighted by atomic mass is 9.98. The van der Waals surface area contributed by atoms with Crippen molar-refractivity contribution < 1.29 is 24.2 Å². The van der Waals surface area contributed by atoms with Gasteiger partial charge in [-0.2, -0.15) is 0 Å². The molecule has 2 aromatic rings. The lowest BCUT2D eigenvalue weighted by Crippen LogP contribution is -2.42. The molecule has 0 heterocycles. The molecule has 1 aliphatic carbocycles. The van der Waals surface area contributed by atoms with Crippen molar-refractivity contribution in [2.75, 3.05) is 13.2 Å². The van der Waals surface area contributed by atoms with E-state index >= 15 is 0 Å². The van der Waals surface area contributed by atoms with Crippen molar-refractivity contribution in [2.45, 2.75) is 38.6 Å². The molecule has 2 aromatic carbocycles. The molecule has 3 N–H and O–H groups in total. The van der Waals surface area contributed by atoms with Crippen LogP contribution < -0.4 is 10.6 Å². The van der Waals surface area contributed by atoms with Gasteiger partial charge in [0.15, 0.2) is 0 Å². The molecule has 0 fully saturated rings. The van der Waals surface area contributed by atoms with Gasteiger partial charge in [0.2, 0.25) is 5.91 Å². The Balaban J connectivity index is 1.51. The van der Waals surface area contributed by atoms with Crippen LogP contribution in [0, 0.1) is 5.92 Å². The van der Waals surface area contributed by atoms with Gasteiger partial charge in [0.25, 0.3) is 0 Å². The highest BCUT2D eigenvalue weighted by molar-refractivity contribution is 5.81. The lowest BCUT2D eigenvalue weighted by molar-refractivity contribution is -0.137. The quantitative estimate of drug-likeness (QED) is 0.571. The Morgan fingerprint density at radius 2 is 1.61 bits per heavy atom. The average molecular weight is 424 g/mol. The minimum atomic E-state index is -0.962. The summed E-state index contributed by atoms with van der Waals surface area (Å²) in [6.45, 7) is 3.79. The van der Waals surface area contributed by atoms with Gasteiger partial charge in [-0.3, -0.25) is 9.59 Å². The summed E-state index contributed by atoms with van der Waals surface area (Å²) in [5.74, 6) is -1.80. The standard InChI is InChI=1S/C24H28N2O5/c1-3-16(12-22(27)28)26-23(29)15(2)13-25-24(30)31-14-21-19-10-6-4-8-17(19)18-9-5-7-11-20(18)21/h4-11,15-16,21H,3,12-14H2,1-2H3,(H,25,30)(H,26,29)(H,27,28)/t15?,16-/m1/s1. The van der Waals surface area contributed by atoms with Crippen molar-refractivity contribution in [1.82, 2.24) is 10.6 Å². The zero-order valence-electron chi connectivity index (χ0n) is 17.8. The monoisotopic (exact) mass is 424 g/mol. The maximum absolute atomic E-state index is 12.3. The van der Waals surface area contributed by atoms with E-state index in [0.717, 1.165) is 22.3 Å². The maximum Gasteiger partial charge on any atom is 0.407 e. The first kappa shape index (κ1) is 22.3. The fourth-order valence-electron chi connectivity index (χ4n) is 3.83. The van der Waals surface area contributed by atoms with Crippen molar-refractivity contribution in [1.29, 1.82) is 0 Å². The number of carbonyl (C=O) groups is 3. The van der Waals surface area contributed by atoms with Crippen molar-refractivity contribution in [2.24, 2.45) is 5.92 Å². The number of carboxylic acids is 1. The Morgan fingerprint density at radius 3 is 2.16 bits per heavy atom. The number of carbonyl (C=O) groups excluding carboxylic acids is 2. The van der Waals surface area contributed by atoms with Crippen molar-refractivity contribution in [3.63, 3.8) is 0 Å². The molecule has 0 aromatic heterocycles. The summed E-state index contributed by atoms with van der Waals surface area (Å²) in [6, 6.07) is 15.8. The fraction of sp³-hybridized carbons (Fsp3) is 0.375. The minimum absolute atomic E-state index is 0.0276. The number of benzene rings is 2. The van der Waals surface area contributed by atoms with Crippen LogP contribution in [0.2, 0.25) is 0 Å². The van der Waals surface area contributed by atoms with Crippen LogP contribution in [0.15, 0.2) is 48.5 Å². The predicted molar refractivity (Wildman–Crippen MR) is 117 cm³/mol. The smallest absolute Gasteiger partial charge is 0.407 e. The van der Waals surface area contributed by atoms with Crippen molar-refractivity contribution in [3.8, 4) is 11.1 Å². The third-order valence-corrected chi connectivity index (χ3v) is 5.60. The van der Waals surface area contributed by atoms with E-state index in [1.807, 2.05) is 31.2 Å². The Kier molecular flexibility index (Phi) is 7.28. The highest BCUT2D eigenvalue weighted by atomic mass is 16.5. The van der Waals surface area contributed by atoms with Crippen LogP contribution >= 0.6 is 0 Å². The first-order valence-electron chi connectivity index (χ1n) is 10.5. The topological polar surface area (TPSA) is 105 Å². The number of alkyl carbamates (subject to hydrolysis) is 1. The van der Waals surface area contributed by atoms with Gasteiger partial charge in [-0.15, -0.1) is 0 Å². The van der Waals surface area contributed by atoms with Gasteiger partial charge in [0, 0.05) is 18.5 Å². The Morgan fingerprint density at radius 1 is 1.03 bits per heavy atom. The molecule has 7 nitrogen and oxygen atoms in total. The second-order valence-corrected chi connectivity index (χ2v) is 7.82.